The van der Waals surface area contributed by atoms with E-state index in [4.69, 9.17) is 32.7 Å². The van der Waals surface area contributed by atoms with Crippen molar-refractivity contribution in [1.82, 2.24) is 14.0 Å². The van der Waals surface area contributed by atoms with Crippen molar-refractivity contribution in [2.24, 2.45) is 7.05 Å². The zero-order valence-electron chi connectivity index (χ0n) is 22.0. The molecule has 0 radical (unpaired) electrons. The summed E-state index contributed by atoms with van der Waals surface area (Å²) in [6.07, 6.45) is 2.19. The Morgan fingerprint density at radius 3 is 2.41 bits per heavy atom. The fraction of sp³-hybridized carbons (Fsp3) is 0.367. The van der Waals surface area contributed by atoms with E-state index in [1.807, 2.05) is 36.4 Å². The molecule has 39 heavy (non-hydrogen) atoms. The van der Waals surface area contributed by atoms with Crippen molar-refractivity contribution in [1.29, 1.82) is 0 Å². The molecular weight excluding hydrogens is 537 g/mol. The van der Waals surface area contributed by atoms with Crippen LogP contribution in [-0.4, -0.2) is 51.0 Å². The summed E-state index contributed by atoms with van der Waals surface area (Å²) in [6, 6.07) is 21.0. The van der Waals surface area contributed by atoms with Gasteiger partial charge >= 0.3 is 5.69 Å². The summed E-state index contributed by atoms with van der Waals surface area (Å²) < 4.78 is 15.2. The molecule has 0 saturated carbocycles. The van der Waals surface area contributed by atoms with Crippen molar-refractivity contribution >= 4 is 34.2 Å². The van der Waals surface area contributed by atoms with Crippen LogP contribution in [0.3, 0.4) is 0 Å². The molecule has 0 spiro atoms. The minimum atomic E-state index is -0.884. The van der Waals surface area contributed by atoms with E-state index in [-0.39, 0.29) is 12.3 Å². The summed E-state index contributed by atoms with van der Waals surface area (Å²) in [5.41, 5.74) is 2.09. The predicted molar refractivity (Wildman–Crippen MR) is 155 cm³/mol. The van der Waals surface area contributed by atoms with E-state index in [1.54, 1.807) is 34.4 Å². The lowest BCUT2D eigenvalue weighted by atomic mass is 9.96. The van der Waals surface area contributed by atoms with Gasteiger partial charge in [0.15, 0.2) is 0 Å². The highest BCUT2D eigenvalue weighted by Crippen LogP contribution is 2.29. The first-order chi connectivity index (χ1) is 18.8. The maximum absolute atomic E-state index is 12.6. The number of likely N-dealkylation sites (tertiary alicyclic amines) is 1. The Labute approximate surface area is 238 Å². The number of aromatic nitrogens is 2. The van der Waals surface area contributed by atoms with Gasteiger partial charge in [-0.05, 0) is 67.8 Å². The third kappa shape index (κ3) is 6.61. The Morgan fingerprint density at radius 2 is 1.64 bits per heavy atom. The number of halogens is 2. The molecule has 1 aliphatic heterocycles. The summed E-state index contributed by atoms with van der Waals surface area (Å²) in [7, 11) is 1.79. The van der Waals surface area contributed by atoms with Gasteiger partial charge in [0.05, 0.1) is 33.2 Å². The molecule has 4 aromatic rings. The normalized spacial score (nSPS) is 18.3. The standard InChI is InChI=1S/C30H33Cl2N3O4/c1-33-27-5-2-3-6-28(27)35(29(33)36)17-18-38-23-9-7-22(8-10-23)20-34-15-4-13-30(37,14-16-34)21-39-24-11-12-25(31)26(32)19-24/h2-3,5-12,19,37H,4,13-18,20-21H2,1H3. The second-order valence-corrected chi connectivity index (χ2v) is 11.0. The van der Waals surface area contributed by atoms with Gasteiger partial charge in [-0.2, -0.15) is 0 Å². The lowest BCUT2D eigenvalue weighted by Crippen LogP contribution is -2.37. The highest BCUT2D eigenvalue weighted by Gasteiger charge is 2.31. The molecular formula is C30H33Cl2N3O4. The zero-order chi connectivity index (χ0) is 27.4. The molecule has 1 unspecified atom stereocenters. The van der Waals surface area contributed by atoms with Gasteiger partial charge in [-0.15, -0.1) is 0 Å². The van der Waals surface area contributed by atoms with Crippen LogP contribution in [0.2, 0.25) is 10.0 Å². The van der Waals surface area contributed by atoms with Crippen LogP contribution < -0.4 is 15.2 Å². The second-order valence-electron chi connectivity index (χ2n) is 10.2. The summed E-state index contributed by atoms with van der Waals surface area (Å²) in [5.74, 6) is 1.38. The number of nitrogens with zero attached hydrogens (tertiary/aromatic N) is 3. The molecule has 2 heterocycles. The van der Waals surface area contributed by atoms with Gasteiger partial charge < -0.3 is 14.6 Å². The van der Waals surface area contributed by atoms with Gasteiger partial charge in [0.1, 0.15) is 24.7 Å². The summed E-state index contributed by atoms with van der Waals surface area (Å²) in [5, 5.41) is 12.1. The number of imidazole rings is 1. The van der Waals surface area contributed by atoms with E-state index in [0.29, 0.717) is 41.8 Å². The molecule has 1 aromatic heterocycles. The zero-order valence-corrected chi connectivity index (χ0v) is 23.5. The molecule has 5 rings (SSSR count). The highest BCUT2D eigenvalue weighted by molar-refractivity contribution is 6.42. The summed E-state index contributed by atoms with van der Waals surface area (Å²) >= 11 is 12.1. The average molecular weight is 571 g/mol. The number of para-hydroxylation sites is 2. The maximum Gasteiger partial charge on any atom is 0.328 e. The minimum absolute atomic E-state index is 0.0413. The van der Waals surface area contributed by atoms with Gasteiger partial charge in [0, 0.05) is 26.2 Å². The Bertz CT molecular complexity index is 1480. The smallest absolute Gasteiger partial charge is 0.328 e. The lowest BCUT2D eigenvalue weighted by Gasteiger charge is -2.27. The predicted octanol–water partition coefficient (Wildman–Crippen LogP) is 5.52. The molecule has 7 nitrogen and oxygen atoms in total. The number of aryl methyl sites for hydroxylation is 1. The van der Waals surface area contributed by atoms with E-state index in [0.717, 1.165) is 42.8 Å². The number of fused-ring (bicyclic) bond motifs is 1. The Balaban J connectivity index is 1.10. The first kappa shape index (κ1) is 27.6. The van der Waals surface area contributed by atoms with Crippen molar-refractivity contribution in [3.05, 3.63) is 92.8 Å². The van der Waals surface area contributed by atoms with E-state index >= 15 is 0 Å². The molecule has 0 aliphatic carbocycles. The third-order valence-corrected chi connectivity index (χ3v) is 8.11. The average Bonchev–Trinajstić information content (AvgIpc) is 3.05. The molecule has 1 fully saturated rings. The molecule has 206 valence electrons. The molecule has 0 bridgehead atoms. The van der Waals surface area contributed by atoms with E-state index in [9.17, 15) is 9.90 Å². The molecule has 1 saturated heterocycles. The van der Waals surface area contributed by atoms with Crippen molar-refractivity contribution in [2.75, 3.05) is 26.3 Å². The molecule has 0 amide bonds. The van der Waals surface area contributed by atoms with Crippen LogP contribution >= 0.6 is 23.2 Å². The number of hydrogen-bond donors (Lipinski definition) is 1. The van der Waals surface area contributed by atoms with Crippen LogP contribution in [0.15, 0.2) is 71.5 Å². The van der Waals surface area contributed by atoms with E-state index in [2.05, 4.69) is 17.0 Å². The number of hydrogen-bond acceptors (Lipinski definition) is 5. The third-order valence-electron chi connectivity index (χ3n) is 7.37. The van der Waals surface area contributed by atoms with Crippen LogP contribution in [0.4, 0.5) is 0 Å². The van der Waals surface area contributed by atoms with Gasteiger partial charge in [0.2, 0.25) is 0 Å². The molecule has 1 atom stereocenters. The van der Waals surface area contributed by atoms with Crippen LogP contribution in [-0.2, 0) is 20.1 Å². The molecule has 9 heteroatoms. The van der Waals surface area contributed by atoms with Gasteiger partial charge in [0.25, 0.3) is 0 Å². The van der Waals surface area contributed by atoms with Gasteiger partial charge in [-0.1, -0.05) is 47.5 Å². The number of ether oxygens (including phenoxy) is 2. The topological polar surface area (TPSA) is 68.9 Å². The number of rotatable bonds is 9. The van der Waals surface area contributed by atoms with E-state index < -0.39 is 5.60 Å². The van der Waals surface area contributed by atoms with Crippen LogP contribution in [0, 0.1) is 0 Å². The Kier molecular flexibility index (Phi) is 8.52. The fourth-order valence-electron chi connectivity index (χ4n) is 5.10. The highest BCUT2D eigenvalue weighted by atomic mass is 35.5. The Hall–Kier alpha value is -2.97. The van der Waals surface area contributed by atoms with Crippen molar-refractivity contribution < 1.29 is 14.6 Å². The summed E-state index contributed by atoms with van der Waals surface area (Å²) in [6.45, 7) is 3.59. The van der Waals surface area contributed by atoms with Crippen LogP contribution in [0.1, 0.15) is 24.8 Å². The maximum atomic E-state index is 12.6. The Morgan fingerprint density at radius 1 is 0.897 bits per heavy atom. The van der Waals surface area contributed by atoms with Crippen molar-refractivity contribution in [3.63, 3.8) is 0 Å². The van der Waals surface area contributed by atoms with Crippen molar-refractivity contribution in [3.8, 4) is 11.5 Å². The minimum Gasteiger partial charge on any atom is -0.492 e. The van der Waals surface area contributed by atoms with Crippen molar-refractivity contribution in [2.45, 2.75) is 38.0 Å². The lowest BCUT2D eigenvalue weighted by molar-refractivity contribution is -0.0168. The summed E-state index contributed by atoms with van der Waals surface area (Å²) in [4.78, 5) is 14.9. The first-order valence-corrected chi connectivity index (χ1v) is 14.0. The molecule has 1 N–H and O–H groups in total. The molecule has 3 aromatic carbocycles. The largest absolute Gasteiger partial charge is 0.492 e. The fourth-order valence-corrected chi connectivity index (χ4v) is 5.39. The van der Waals surface area contributed by atoms with E-state index in [1.165, 1.54) is 5.56 Å². The quantitative estimate of drug-likeness (QED) is 0.287. The van der Waals surface area contributed by atoms with Gasteiger partial charge in [-0.3, -0.25) is 14.0 Å². The van der Waals surface area contributed by atoms with Crippen LogP contribution in [0.25, 0.3) is 11.0 Å². The number of aliphatic hydroxyl groups is 1. The second kappa shape index (κ2) is 12.0. The van der Waals surface area contributed by atoms with Gasteiger partial charge in [-0.25, -0.2) is 4.79 Å². The van der Waals surface area contributed by atoms with Crippen LogP contribution in [0.5, 0.6) is 11.5 Å². The number of benzene rings is 3. The first-order valence-electron chi connectivity index (χ1n) is 13.2. The SMILES string of the molecule is Cn1c(=O)n(CCOc2ccc(CN3CCCC(O)(COc4ccc(Cl)c(Cl)c4)CC3)cc2)c2ccccc21. The monoisotopic (exact) mass is 569 g/mol. The molecule has 1 aliphatic rings.